The summed E-state index contributed by atoms with van der Waals surface area (Å²) in [6.45, 7) is 0. The first-order valence-corrected chi connectivity index (χ1v) is 6.46. The lowest BCUT2D eigenvalue weighted by molar-refractivity contribution is -0.138. The predicted octanol–water partition coefficient (Wildman–Crippen LogP) is 3.15. The van der Waals surface area contributed by atoms with Gasteiger partial charge in [0.05, 0.1) is 12.8 Å². The summed E-state index contributed by atoms with van der Waals surface area (Å²) >= 11 is 6.08. The number of carboxylic acids is 1. The molecule has 104 valence electrons. The zero-order valence-corrected chi connectivity index (χ0v) is 11.7. The van der Waals surface area contributed by atoms with E-state index < -0.39 is 11.9 Å². The fraction of sp³-hybridized carbons (Fsp3) is 0.200. The zero-order chi connectivity index (χ0) is 14.5. The molecule has 0 amide bonds. The van der Waals surface area contributed by atoms with E-state index in [1.165, 1.54) is 7.11 Å². The number of methoxy groups -OCH3 is 1. The van der Waals surface area contributed by atoms with Crippen LogP contribution in [0.15, 0.2) is 42.5 Å². The molecule has 0 saturated carbocycles. The number of aromatic nitrogens is 1. The van der Waals surface area contributed by atoms with Crippen LogP contribution in [0.2, 0.25) is 5.02 Å². The Balaban J connectivity index is 2.32. The van der Waals surface area contributed by atoms with Crippen LogP contribution in [-0.2, 0) is 11.2 Å². The van der Waals surface area contributed by atoms with E-state index in [0.717, 1.165) is 5.56 Å². The van der Waals surface area contributed by atoms with Crippen LogP contribution >= 0.6 is 11.6 Å². The quantitative estimate of drug-likeness (QED) is 0.919. The smallest absolute Gasteiger partial charge is 0.312 e. The zero-order valence-electron chi connectivity index (χ0n) is 10.9. The molecule has 0 aliphatic carbocycles. The van der Waals surface area contributed by atoms with E-state index in [2.05, 4.69) is 4.98 Å². The fourth-order valence-electron chi connectivity index (χ4n) is 1.94. The summed E-state index contributed by atoms with van der Waals surface area (Å²) < 4.78 is 5.03. The first-order valence-electron chi connectivity index (χ1n) is 6.09. The van der Waals surface area contributed by atoms with Crippen molar-refractivity contribution in [1.82, 2.24) is 4.98 Å². The van der Waals surface area contributed by atoms with Crippen molar-refractivity contribution in [2.75, 3.05) is 7.11 Å². The molecule has 1 unspecified atom stereocenters. The Morgan fingerprint density at radius 3 is 2.70 bits per heavy atom. The summed E-state index contributed by atoms with van der Waals surface area (Å²) in [6, 6.07) is 12.3. The highest BCUT2D eigenvalue weighted by Crippen LogP contribution is 2.25. The van der Waals surface area contributed by atoms with E-state index in [1.807, 2.05) is 18.2 Å². The molecule has 0 fully saturated rings. The first kappa shape index (κ1) is 14.3. The highest BCUT2D eigenvalue weighted by molar-refractivity contribution is 6.31. The molecule has 20 heavy (non-hydrogen) atoms. The van der Waals surface area contributed by atoms with Gasteiger partial charge < -0.3 is 9.84 Å². The van der Waals surface area contributed by atoms with Gasteiger partial charge in [-0.3, -0.25) is 4.79 Å². The van der Waals surface area contributed by atoms with Crippen molar-refractivity contribution >= 4 is 17.6 Å². The third-order valence-electron chi connectivity index (χ3n) is 2.99. The van der Waals surface area contributed by atoms with Gasteiger partial charge >= 0.3 is 5.97 Å². The molecule has 1 aromatic heterocycles. The molecule has 5 heteroatoms. The van der Waals surface area contributed by atoms with Crippen LogP contribution in [0.3, 0.4) is 0 Å². The SMILES string of the molecule is COc1cccc(C(Cc2ccccc2Cl)C(=O)O)n1. The van der Waals surface area contributed by atoms with Crippen LogP contribution in [0.25, 0.3) is 0 Å². The van der Waals surface area contributed by atoms with Crippen molar-refractivity contribution in [3.8, 4) is 5.88 Å². The van der Waals surface area contributed by atoms with Gasteiger partial charge in [-0.05, 0) is 24.1 Å². The summed E-state index contributed by atoms with van der Waals surface area (Å²) in [4.78, 5) is 15.7. The van der Waals surface area contributed by atoms with Crippen molar-refractivity contribution in [3.05, 3.63) is 58.7 Å². The highest BCUT2D eigenvalue weighted by atomic mass is 35.5. The summed E-state index contributed by atoms with van der Waals surface area (Å²) in [5.41, 5.74) is 1.24. The lowest BCUT2D eigenvalue weighted by Gasteiger charge is -2.13. The van der Waals surface area contributed by atoms with E-state index in [1.54, 1.807) is 24.3 Å². The van der Waals surface area contributed by atoms with Crippen molar-refractivity contribution in [3.63, 3.8) is 0 Å². The van der Waals surface area contributed by atoms with Gasteiger partial charge in [0.15, 0.2) is 0 Å². The van der Waals surface area contributed by atoms with Crippen LogP contribution in [-0.4, -0.2) is 23.2 Å². The predicted molar refractivity (Wildman–Crippen MR) is 76.3 cm³/mol. The third-order valence-corrected chi connectivity index (χ3v) is 3.36. The van der Waals surface area contributed by atoms with Crippen LogP contribution < -0.4 is 4.74 Å². The maximum absolute atomic E-state index is 11.5. The van der Waals surface area contributed by atoms with E-state index in [0.29, 0.717) is 16.6 Å². The number of carbonyl (C=O) groups is 1. The van der Waals surface area contributed by atoms with Crippen molar-refractivity contribution < 1.29 is 14.6 Å². The van der Waals surface area contributed by atoms with Crippen LogP contribution in [0, 0.1) is 0 Å². The molecule has 0 bridgehead atoms. The van der Waals surface area contributed by atoms with E-state index in [-0.39, 0.29) is 6.42 Å². The molecule has 0 spiro atoms. The number of benzene rings is 1. The molecule has 0 aliphatic rings. The lowest BCUT2D eigenvalue weighted by atomic mass is 9.96. The van der Waals surface area contributed by atoms with Crippen molar-refractivity contribution in [2.45, 2.75) is 12.3 Å². The average Bonchev–Trinajstić information content (AvgIpc) is 2.46. The number of aliphatic carboxylic acids is 1. The van der Waals surface area contributed by atoms with Crippen LogP contribution in [0.4, 0.5) is 0 Å². The molecule has 0 aliphatic heterocycles. The van der Waals surface area contributed by atoms with Gasteiger partial charge in [-0.2, -0.15) is 0 Å². The minimum absolute atomic E-state index is 0.287. The Kier molecular flexibility index (Phi) is 4.58. The molecule has 0 saturated heterocycles. The summed E-state index contributed by atoms with van der Waals surface area (Å²) in [5.74, 6) is -1.30. The Morgan fingerprint density at radius 1 is 1.30 bits per heavy atom. The molecule has 0 radical (unpaired) electrons. The topological polar surface area (TPSA) is 59.4 Å². The van der Waals surface area contributed by atoms with Gasteiger partial charge in [0.2, 0.25) is 5.88 Å². The van der Waals surface area contributed by atoms with Crippen molar-refractivity contribution in [1.29, 1.82) is 0 Å². The van der Waals surface area contributed by atoms with Gasteiger partial charge in [0.25, 0.3) is 0 Å². The maximum atomic E-state index is 11.5. The molecular formula is C15H14ClNO3. The number of rotatable bonds is 5. The lowest BCUT2D eigenvalue weighted by Crippen LogP contribution is -2.16. The van der Waals surface area contributed by atoms with Crippen molar-refractivity contribution in [2.24, 2.45) is 0 Å². The van der Waals surface area contributed by atoms with Gasteiger partial charge in [-0.1, -0.05) is 35.9 Å². The number of carboxylic acid groups (broad SMARTS) is 1. The molecular weight excluding hydrogens is 278 g/mol. The number of pyridine rings is 1. The Bertz CT molecular complexity index is 616. The second-order valence-corrected chi connectivity index (χ2v) is 4.70. The highest BCUT2D eigenvalue weighted by Gasteiger charge is 2.23. The third kappa shape index (κ3) is 3.27. The number of hydrogen-bond acceptors (Lipinski definition) is 3. The molecule has 1 N–H and O–H groups in total. The van der Waals surface area contributed by atoms with E-state index in [4.69, 9.17) is 16.3 Å². The molecule has 2 rings (SSSR count). The largest absolute Gasteiger partial charge is 0.481 e. The number of nitrogens with zero attached hydrogens (tertiary/aromatic N) is 1. The van der Waals surface area contributed by atoms with Gasteiger partial charge in [-0.25, -0.2) is 4.98 Å². The minimum Gasteiger partial charge on any atom is -0.481 e. The average molecular weight is 292 g/mol. The summed E-state index contributed by atoms with van der Waals surface area (Å²) in [6.07, 6.45) is 0.287. The molecule has 4 nitrogen and oxygen atoms in total. The van der Waals surface area contributed by atoms with Gasteiger partial charge in [0, 0.05) is 11.1 Å². The van der Waals surface area contributed by atoms with E-state index in [9.17, 15) is 9.90 Å². The second kappa shape index (κ2) is 6.39. The maximum Gasteiger partial charge on any atom is 0.312 e. The Morgan fingerprint density at radius 2 is 2.05 bits per heavy atom. The molecule has 2 aromatic rings. The number of halogens is 1. The molecule has 1 atom stereocenters. The number of hydrogen-bond donors (Lipinski definition) is 1. The Labute approximate surface area is 122 Å². The molecule has 1 heterocycles. The normalized spacial score (nSPS) is 11.9. The van der Waals surface area contributed by atoms with Gasteiger partial charge in [0.1, 0.15) is 5.92 Å². The molecule has 1 aromatic carbocycles. The Hall–Kier alpha value is -2.07. The van der Waals surface area contributed by atoms with Crippen LogP contribution in [0.1, 0.15) is 17.2 Å². The minimum atomic E-state index is -0.939. The van der Waals surface area contributed by atoms with Crippen LogP contribution in [0.5, 0.6) is 5.88 Å². The van der Waals surface area contributed by atoms with Gasteiger partial charge in [-0.15, -0.1) is 0 Å². The number of ether oxygens (including phenoxy) is 1. The fourth-order valence-corrected chi connectivity index (χ4v) is 2.15. The summed E-state index contributed by atoms with van der Waals surface area (Å²) in [5, 5.41) is 9.98. The summed E-state index contributed by atoms with van der Waals surface area (Å²) in [7, 11) is 1.50. The van der Waals surface area contributed by atoms with E-state index >= 15 is 0 Å². The second-order valence-electron chi connectivity index (χ2n) is 4.29. The monoisotopic (exact) mass is 291 g/mol. The first-order chi connectivity index (χ1) is 9.61. The standard InChI is InChI=1S/C15H14ClNO3/c1-20-14-8-4-7-13(17-14)11(15(18)19)9-10-5-2-3-6-12(10)16/h2-8,11H,9H2,1H3,(H,18,19).